The minimum Gasteiger partial charge on any atom is -0.341 e. The Morgan fingerprint density at radius 2 is 2.00 bits per heavy atom. The van der Waals surface area contributed by atoms with Crippen molar-refractivity contribution in [1.29, 1.82) is 0 Å². The third-order valence-corrected chi connectivity index (χ3v) is 5.10. The summed E-state index contributed by atoms with van der Waals surface area (Å²) in [6.45, 7) is 2.92. The summed E-state index contributed by atoms with van der Waals surface area (Å²) in [7, 11) is 4.00. The van der Waals surface area contributed by atoms with Crippen LogP contribution in [0.3, 0.4) is 0 Å². The van der Waals surface area contributed by atoms with E-state index in [-0.39, 0.29) is 23.8 Å². The Bertz CT molecular complexity index is 588. The lowest BCUT2D eigenvalue weighted by molar-refractivity contribution is -0.136. The van der Waals surface area contributed by atoms with Gasteiger partial charge in [0, 0.05) is 32.6 Å². The first-order valence-corrected chi connectivity index (χ1v) is 8.84. The minimum atomic E-state index is -0.177. The Balaban J connectivity index is 1.65. The standard InChI is InChI=1S/C19H27N3O2/c1-20(2)11-12-21-14-16(13-18(21)23)19(24)22-10-6-9-17(22)15-7-4-3-5-8-15/h3-5,7-8,16-17H,6,9-14H2,1-2H3. The van der Waals surface area contributed by atoms with E-state index >= 15 is 0 Å². The second-order valence-corrected chi connectivity index (χ2v) is 7.14. The van der Waals surface area contributed by atoms with Gasteiger partial charge < -0.3 is 14.7 Å². The number of hydrogen-bond acceptors (Lipinski definition) is 3. The van der Waals surface area contributed by atoms with Crippen molar-refractivity contribution in [2.45, 2.75) is 25.3 Å². The Morgan fingerprint density at radius 3 is 2.71 bits per heavy atom. The largest absolute Gasteiger partial charge is 0.341 e. The van der Waals surface area contributed by atoms with Gasteiger partial charge in [-0.05, 0) is 32.5 Å². The molecule has 130 valence electrons. The fraction of sp³-hybridized carbons (Fsp3) is 0.579. The smallest absolute Gasteiger partial charge is 0.228 e. The molecule has 5 heteroatoms. The maximum Gasteiger partial charge on any atom is 0.228 e. The van der Waals surface area contributed by atoms with Crippen molar-refractivity contribution < 1.29 is 9.59 Å². The van der Waals surface area contributed by atoms with E-state index in [0.29, 0.717) is 19.5 Å². The highest BCUT2D eigenvalue weighted by molar-refractivity contribution is 5.89. The molecule has 2 fully saturated rings. The normalized spacial score (nSPS) is 24.2. The number of hydrogen-bond donors (Lipinski definition) is 0. The van der Waals surface area contributed by atoms with Crippen LogP contribution in [0.1, 0.15) is 30.9 Å². The molecule has 2 atom stereocenters. The summed E-state index contributed by atoms with van der Waals surface area (Å²) < 4.78 is 0. The maximum atomic E-state index is 13.0. The van der Waals surface area contributed by atoms with Gasteiger partial charge in [0.25, 0.3) is 0 Å². The summed E-state index contributed by atoms with van der Waals surface area (Å²) in [6.07, 6.45) is 2.42. The number of rotatable bonds is 5. The monoisotopic (exact) mass is 329 g/mol. The highest BCUT2D eigenvalue weighted by atomic mass is 16.2. The average molecular weight is 329 g/mol. The lowest BCUT2D eigenvalue weighted by Crippen LogP contribution is -2.38. The molecule has 2 amide bonds. The molecule has 0 aromatic heterocycles. The summed E-state index contributed by atoms with van der Waals surface area (Å²) in [5.41, 5.74) is 1.21. The molecule has 0 radical (unpaired) electrons. The number of amides is 2. The SMILES string of the molecule is CN(C)CCN1CC(C(=O)N2CCCC2c2ccccc2)CC1=O. The second kappa shape index (κ2) is 7.34. The van der Waals surface area contributed by atoms with Crippen LogP contribution in [-0.4, -0.2) is 66.8 Å². The molecular weight excluding hydrogens is 302 g/mol. The van der Waals surface area contributed by atoms with Gasteiger partial charge in [0.2, 0.25) is 11.8 Å². The number of benzene rings is 1. The average Bonchev–Trinajstić information content (AvgIpc) is 3.20. The molecule has 3 rings (SSSR count). The van der Waals surface area contributed by atoms with Gasteiger partial charge in [-0.25, -0.2) is 0 Å². The zero-order chi connectivity index (χ0) is 17.1. The molecule has 1 aromatic rings. The Hall–Kier alpha value is -1.88. The lowest BCUT2D eigenvalue weighted by Gasteiger charge is -2.27. The first-order chi connectivity index (χ1) is 11.6. The van der Waals surface area contributed by atoms with Crippen LogP contribution < -0.4 is 0 Å². The van der Waals surface area contributed by atoms with Crippen molar-refractivity contribution in [3.05, 3.63) is 35.9 Å². The molecule has 0 bridgehead atoms. The fourth-order valence-corrected chi connectivity index (χ4v) is 3.76. The van der Waals surface area contributed by atoms with Crippen LogP contribution >= 0.6 is 0 Å². The van der Waals surface area contributed by atoms with Crippen molar-refractivity contribution >= 4 is 11.8 Å². The minimum absolute atomic E-state index is 0.116. The van der Waals surface area contributed by atoms with Gasteiger partial charge >= 0.3 is 0 Å². The van der Waals surface area contributed by atoms with Crippen molar-refractivity contribution in [3.63, 3.8) is 0 Å². The van der Waals surface area contributed by atoms with Crippen LogP contribution in [0.2, 0.25) is 0 Å². The predicted molar refractivity (Wildman–Crippen MR) is 93.4 cm³/mol. The van der Waals surface area contributed by atoms with E-state index in [2.05, 4.69) is 17.0 Å². The molecule has 5 nitrogen and oxygen atoms in total. The summed E-state index contributed by atoms with van der Waals surface area (Å²) in [4.78, 5) is 31.1. The molecule has 0 saturated carbocycles. The van der Waals surface area contributed by atoms with E-state index in [9.17, 15) is 9.59 Å². The number of likely N-dealkylation sites (N-methyl/N-ethyl adjacent to an activating group) is 1. The van der Waals surface area contributed by atoms with Crippen LogP contribution in [0.4, 0.5) is 0 Å². The Kier molecular flexibility index (Phi) is 5.19. The van der Waals surface area contributed by atoms with Crippen LogP contribution in [0.25, 0.3) is 0 Å². The predicted octanol–water partition coefficient (Wildman–Crippen LogP) is 1.76. The lowest BCUT2D eigenvalue weighted by atomic mass is 10.0. The molecule has 0 spiro atoms. The van der Waals surface area contributed by atoms with Crippen molar-refractivity contribution in [3.8, 4) is 0 Å². The molecular formula is C19H27N3O2. The molecule has 1 aromatic carbocycles. The molecule has 2 unspecified atom stereocenters. The van der Waals surface area contributed by atoms with Gasteiger partial charge in [-0.1, -0.05) is 30.3 Å². The summed E-state index contributed by atoms with van der Waals surface area (Å²) >= 11 is 0. The third-order valence-electron chi connectivity index (χ3n) is 5.10. The number of carbonyl (C=O) groups excluding carboxylic acids is 2. The number of nitrogens with zero attached hydrogens (tertiary/aromatic N) is 3. The summed E-state index contributed by atoms with van der Waals surface area (Å²) in [6, 6.07) is 10.4. The second-order valence-electron chi connectivity index (χ2n) is 7.14. The van der Waals surface area contributed by atoms with Crippen molar-refractivity contribution in [2.24, 2.45) is 5.92 Å². The van der Waals surface area contributed by atoms with Crippen LogP contribution in [0, 0.1) is 5.92 Å². The quantitative estimate of drug-likeness (QED) is 0.827. The van der Waals surface area contributed by atoms with Gasteiger partial charge in [-0.3, -0.25) is 9.59 Å². The third kappa shape index (κ3) is 3.61. The van der Waals surface area contributed by atoms with Crippen LogP contribution in [0.15, 0.2) is 30.3 Å². The van der Waals surface area contributed by atoms with E-state index in [1.165, 1.54) is 5.56 Å². The molecule has 0 N–H and O–H groups in total. The molecule has 24 heavy (non-hydrogen) atoms. The van der Waals surface area contributed by atoms with Gasteiger partial charge in [0.05, 0.1) is 12.0 Å². The van der Waals surface area contributed by atoms with Crippen molar-refractivity contribution in [2.75, 3.05) is 40.3 Å². The van der Waals surface area contributed by atoms with Crippen LogP contribution in [0.5, 0.6) is 0 Å². The Labute approximate surface area is 144 Å². The molecule has 2 aliphatic rings. The first kappa shape index (κ1) is 17.0. The highest BCUT2D eigenvalue weighted by Gasteiger charge is 2.39. The van der Waals surface area contributed by atoms with E-state index < -0.39 is 0 Å². The maximum absolute atomic E-state index is 13.0. The van der Waals surface area contributed by atoms with Crippen molar-refractivity contribution in [1.82, 2.24) is 14.7 Å². The molecule has 2 heterocycles. The molecule has 2 aliphatic heterocycles. The summed E-state index contributed by atoms with van der Waals surface area (Å²) in [5.74, 6) is 0.0942. The van der Waals surface area contributed by atoms with Gasteiger partial charge in [0.15, 0.2) is 0 Å². The van der Waals surface area contributed by atoms with Gasteiger partial charge in [-0.2, -0.15) is 0 Å². The van der Waals surface area contributed by atoms with Gasteiger partial charge in [0.1, 0.15) is 0 Å². The van der Waals surface area contributed by atoms with E-state index in [1.54, 1.807) is 0 Å². The topological polar surface area (TPSA) is 43.9 Å². The highest BCUT2D eigenvalue weighted by Crippen LogP contribution is 2.34. The number of likely N-dealkylation sites (tertiary alicyclic amines) is 2. The van der Waals surface area contributed by atoms with E-state index in [4.69, 9.17) is 0 Å². The zero-order valence-electron chi connectivity index (χ0n) is 14.6. The number of carbonyl (C=O) groups is 2. The first-order valence-electron chi connectivity index (χ1n) is 8.84. The van der Waals surface area contributed by atoms with E-state index in [0.717, 1.165) is 25.9 Å². The van der Waals surface area contributed by atoms with Gasteiger partial charge in [-0.15, -0.1) is 0 Å². The fourth-order valence-electron chi connectivity index (χ4n) is 3.76. The summed E-state index contributed by atoms with van der Waals surface area (Å²) in [5, 5.41) is 0. The van der Waals surface area contributed by atoms with Crippen LogP contribution in [-0.2, 0) is 9.59 Å². The zero-order valence-corrected chi connectivity index (χ0v) is 14.6. The van der Waals surface area contributed by atoms with E-state index in [1.807, 2.05) is 42.1 Å². The Morgan fingerprint density at radius 1 is 1.25 bits per heavy atom. The molecule has 0 aliphatic carbocycles. The molecule has 2 saturated heterocycles.